The fraction of sp³-hybridized carbons (Fsp3) is 0.364. The summed E-state index contributed by atoms with van der Waals surface area (Å²) < 4.78 is 29.1. The Morgan fingerprint density at radius 3 is 2.53 bits per heavy atom. The Hall–Kier alpha value is -2.71. The summed E-state index contributed by atoms with van der Waals surface area (Å²) in [5.74, 6) is 1.64. The van der Waals surface area contributed by atoms with Crippen LogP contribution in [0.15, 0.2) is 59.9 Å². The minimum Gasteiger partial charge on any atom is -0.366 e. The van der Waals surface area contributed by atoms with Crippen LogP contribution in [0.25, 0.3) is 0 Å². The molecule has 1 aliphatic rings. The predicted molar refractivity (Wildman–Crippen MR) is 117 cm³/mol. The van der Waals surface area contributed by atoms with Crippen LogP contribution in [0, 0.1) is 6.92 Å². The van der Waals surface area contributed by atoms with Gasteiger partial charge in [0, 0.05) is 44.8 Å². The Morgan fingerprint density at radius 2 is 1.83 bits per heavy atom. The molecule has 1 N–H and O–H groups in total. The van der Waals surface area contributed by atoms with Gasteiger partial charge in [-0.15, -0.1) is 0 Å². The van der Waals surface area contributed by atoms with Crippen molar-refractivity contribution in [3.8, 4) is 0 Å². The van der Waals surface area contributed by atoms with Crippen LogP contribution in [0.5, 0.6) is 0 Å². The third kappa shape index (κ3) is 4.71. The van der Waals surface area contributed by atoms with Crippen molar-refractivity contribution < 1.29 is 8.42 Å². The van der Waals surface area contributed by atoms with Crippen LogP contribution in [0.3, 0.4) is 0 Å². The zero-order chi connectivity index (χ0) is 21.0. The highest BCUT2D eigenvalue weighted by Crippen LogP contribution is 2.21. The number of benzene rings is 1. The number of aromatic nitrogens is 3. The van der Waals surface area contributed by atoms with Crippen molar-refractivity contribution in [2.45, 2.75) is 44.2 Å². The summed E-state index contributed by atoms with van der Waals surface area (Å²) in [5, 5.41) is 3.28. The molecular weight excluding hydrogens is 398 g/mol. The molecule has 7 nitrogen and oxygen atoms in total. The molecule has 0 amide bonds. The van der Waals surface area contributed by atoms with Gasteiger partial charge in [-0.25, -0.2) is 18.4 Å². The lowest BCUT2D eigenvalue weighted by Gasteiger charge is -2.25. The number of hydrogen-bond acceptors (Lipinski definition) is 5. The van der Waals surface area contributed by atoms with Crippen molar-refractivity contribution in [1.29, 1.82) is 0 Å². The van der Waals surface area contributed by atoms with Gasteiger partial charge in [0.2, 0.25) is 10.0 Å². The van der Waals surface area contributed by atoms with Gasteiger partial charge in [0.15, 0.2) is 0 Å². The zero-order valence-electron chi connectivity index (χ0n) is 17.2. The molecule has 158 valence electrons. The van der Waals surface area contributed by atoms with Crippen LogP contribution in [-0.4, -0.2) is 40.3 Å². The third-order valence-corrected chi connectivity index (χ3v) is 7.31. The van der Waals surface area contributed by atoms with E-state index in [0.29, 0.717) is 25.5 Å². The highest BCUT2D eigenvalue weighted by Gasteiger charge is 2.26. The molecule has 0 spiro atoms. The average molecular weight is 426 g/mol. The fourth-order valence-electron chi connectivity index (χ4n) is 3.69. The second-order valence-corrected chi connectivity index (χ2v) is 9.56. The zero-order valence-corrected chi connectivity index (χ0v) is 18.0. The molecule has 0 saturated carbocycles. The van der Waals surface area contributed by atoms with Crippen molar-refractivity contribution in [3.05, 3.63) is 71.9 Å². The van der Waals surface area contributed by atoms with Crippen LogP contribution in [0.2, 0.25) is 0 Å². The van der Waals surface area contributed by atoms with Gasteiger partial charge in [-0.3, -0.25) is 0 Å². The van der Waals surface area contributed by atoms with Crippen LogP contribution >= 0.6 is 0 Å². The summed E-state index contributed by atoms with van der Waals surface area (Å²) in [6.45, 7) is 4.57. The van der Waals surface area contributed by atoms with Crippen molar-refractivity contribution >= 4 is 15.8 Å². The van der Waals surface area contributed by atoms with E-state index in [1.54, 1.807) is 16.4 Å². The normalized spacial score (nSPS) is 15.2. The number of pyridine rings is 1. The van der Waals surface area contributed by atoms with Gasteiger partial charge in [-0.2, -0.15) is 4.31 Å². The quantitative estimate of drug-likeness (QED) is 0.627. The molecule has 4 rings (SSSR count). The standard InChI is InChI=1S/C22H27N5O2S/c1-18-23-10-13-26(18)17-20-7-5-6-19(14-20)15-24-22-9-8-21(16-25-22)30(28,29)27-11-3-2-4-12-27/h5-10,13-14,16H,2-4,11-12,15,17H2,1H3,(H,24,25). The molecule has 0 radical (unpaired) electrons. The summed E-state index contributed by atoms with van der Waals surface area (Å²) in [7, 11) is -3.44. The predicted octanol–water partition coefficient (Wildman–Crippen LogP) is 3.42. The molecule has 2 aromatic heterocycles. The average Bonchev–Trinajstić information content (AvgIpc) is 3.18. The lowest BCUT2D eigenvalue weighted by molar-refractivity contribution is 0.346. The number of piperidine rings is 1. The Labute approximate surface area is 177 Å². The van der Waals surface area contributed by atoms with E-state index in [0.717, 1.165) is 37.2 Å². The molecule has 1 saturated heterocycles. The molecule has 3 aromatic rings. The molecule has 30 heavy (non-hydrogen) atoms. The molecule has 0 atom stereocenters. The molecule has 0 aliphatic carbocycles. The molecule has 3 heterocycles. The maximum atomic E-state index is 12.7. The number of aryl methyl sites for hydroxylation is 1. The van der Waals surface area contributed by atoms with E-state index in [1.807, 2.05) is 25.4 Å². The molecule has 8 heteroatoms. The van der Waals surface area contributed by atoms with E-state index in [-0.39, 0.29) is 4.90 Å². The number of nitrogens with one attached hydrogen (secondary N) is 1. The highest BCUT2D eigenvalue weighted by atomic mass is 32.2. The molecule has 0 bridgehead atoms. The first-order chi connectivity index (χ1) is 14.5. The molecule has 1 aliphatic heterocycles. The Bertz CT molecular complexity index is 1090. The minimum absolute atomic E-state index is 0.257. The highest BCUT2D eigenvalue weighted by molar-refractivity contribution is 7.89. The van der Waals surface area contributed by atoms with Crippen molar-refractivity contribution in [2.75, 3.05) is 18.4 Å². The van der Waals surface area contributed by atoms with E-state index < -0.39 is 10.0 Å². The van der Waals surface area contributed by atoms with Crippen LogP contribution in [-0.2, 0) is 23.1 Å². The van der Waals surface area contributed by atoms with Crippen LogP contribution < -0.4 is 5.32 Å². The van der Waals surface area contributed by atoms with Gasteiger partial charge < -0.3 is 9.88 Å². The summed E-state index contributed by atoms with van der Waals surface area (Å²) in [6.07, 6.45) is 8.17. The van der Waals surface area contributed by atoms with Gasteiger partial charge in [-0.05, 0) is 43.0 Å². The number of sulfonamides is 1. The van der Waals surface area contributed by atoms with Crippen molar-refractivity contribution in [3.63, 3.8) is 0 Å². The largest absolute Gasteiger partial charge is 0.366 e. The van der Waals surface area contributed by atoms with E-state index in [9.17, 15) is 8.42 Å². The Morgan fingerprint density at radius 1 is 1.03 bits per heavy atom. The molecule has 0 unspecified atom stereocenters. The van der Waals surface area contributed by atoms with E-state index >= 15 is 0 Å². The number of anilines is 1. The second-order valence-electron chi connectivity index (χ2n) is 7.62. The molecule has 1 fully saturated rings. The molecular formula is C22H27N5O2S. The second kappa shape index (κ2) is 8.97. The Balaban J connectivity index is 1.38. The van der Waals surface area contributed by atoms with Gasteiger partial charge in [0.1, 0.15) is 16.5 Å². The topological polar surface area (TPSA) is 80.1 Å². The number of nitrogens with zero attached hydrogens (tertiary/aromatic N) is 4. The third-order valence-electron chi connectivity index (χ3n) is 5.43. The SMILES string of the molecule is Cc1nccn1Cc1cccc(CNc2ccc(S(=O)(=O)N3CCCCC3)cn2)c1. The number of rotatable bonds is 7. The van der Waals surface area contributed by atoms with Crippen LogP contribution in [0.4, 0.5) is 5.82 Å². The lowest BCUT2D eigenvalue weighted by atomic mass is 10.1. The minimum atomic E-state index is -3.44. The monoisotopic (exact) mass is 425 g/mol. The first-order valence-electron chi connectivity index (χ1n) is 10.3. The van der Waals surface area contributed by atoms with Gasteiger partial charge in [0.05, 0.1) is 0 Å². The van der Waals surface area contributed by atoms with Gasteiger partial charge in [0.25, 0.3) is 0 Å². The lowest BCUT2D eigenvalue weighted by Crippen LogP contribution is -2.35. The van der Waals surface area contributed by atoms with E-state index in [1.165, 1.54) is 11.8 Å². The summed E-state index contributed by atoms with van der Waals surface area (Å²) in [5.41, 5.74) is 2.34. The van der Waals surface area contributed by atoms with Crippen LogP contribution in [0.1, 0.15) is 36.2 Å². The number of hydrogen-bond donors (Lipinski definition) is 1. The fourth-order valence-corrected chi connectivity index (χ4v) is 5.15. The maximum absolute atomic E-state index is 12.7. The van der Waals surface area contributed by atoms with Gasteiger partial charge in [-0.1, -0.05) is 30.7 Å². The van der Waals surface area contributed by atoms with Crippen molar-refractivity contribution in [1.82, 2.24) is 18.8 Å². The summed E-state index contributed by atoms with van der Waals surface area (Å²) in [6, 6.07) is 11.7. The summed E-state index contributed by atoms with van der Waals surface area (Å²) in [4.78, 5) is 8.84. The van der Waals surface area contributed by atoms with Gasteiger partial charge >= 0.3 is 0 Å². The van der Waals surface area contributed by atoms with Crippen molar-refractivity contribution in [2.24, 2.45) is 0 Å². The Kier molecular flexibility index (Phi) is 6.15. The molecule has 1 aromatic carbocycles. The summed E-state index contributed by atoms with van der Waals surface area (Å²) >= 11 is 0. The maximum Gasteiger partial charge on any atom is 0.244 e. The van der Waals surface area contributed by atoms with E-state index in [2.05, 4.69) is 38.1 Å². The number of imidazole rings is 1. The van der Waals surface area contributed by atoms with E-state index in [4.69, 9.17) is 0 Å². The first-order valence-corrected chi connectivity index (χ1v) is 11.7. The smallest absolute Gasteiger partial charge is 0.244 e. The first kappa shape index (κ1) is 20.6.